The third-order valence-corrected chi connectivity index (χ3v) is 4.97. The zero-order chi connectivity index (χ0) is 18.5. The lowest BCUT2D eigenvalue weighted by molar-refractivity contribution is 0.375. The second-order valence-corrected chi connectivity index (χ2v) is 7.27. The SMILES string of the molecule is CN=C(NCc1nc(-c2cccc(Cl)c2)no1)NCc1nc(C)c(C)s1. The molecule has 0 bridgehead atoms. The van der Waals surface area contributed by atoms with Crippen LogP contribution in [0.15, 0.2) is 33.8 Å². The molecule has 0 amide bonds. The Morgan fingerprint density at radius 3 is 2.73 bits per heavy atom. The molecule has 0 radical (unpaired) electrons. The van der Waals surface area contributed by atoms with Crippen molar-refractivity contribution < 1.29 is 4.52 Å². The maximum atomic E-state index is 5.99. The largest absolute Gasteiger partial charge is 0.350 e. The van der Waals surface area contributed by atoms with Crippen LogP contribution >= 0.6 is 22.9 Å². The van der Waals surface area contributed by atoms with Crippen molar-refractivity contribution in [3.05, 3.63) is 50.8 Å². The first-order valence-corrected chi connectivity index (χ1v) is 9.20. The van der Waals surface area contributed by atoms with Crippen molar-refractivity contribution in [1.82, 2.24) is 25.8 Å². The molecule has 2 heterocycles. The lowest BCUT2D eigenvalue weighted by Crippen LogP contribution is -2.36. The molecule has 2 aromatic heterocycles. The van der Waals surface area contributed by atoms with Gasteiger partial charge in [-0.2, -0.15) is 4.98 Å². The highest BCUT2D eigenvalue weighted by molar-refractivity contribution is 7.11. The van der Waals surface area contributed by atoms with Gasteiger partial charge in [-0.25, -0.2) is 4.98 Å². The maximum absolute atomic E-state index is 5.99. The van der Waals surface area contributed by atoms with E-state index in [1.807, 2.05) is 19.1 Å². The molecular formula is C17H19ClN6OS. The van der Waals surface area contributed by atoms with Crippen LogP contribution in [0.3, 0.4) is 0 Å². The van der Waals surface area contributed by atoms with Gasteiger partial charge in [0.15, 0.2) is 5.96 Å². The van der Waals surface area contributed by atoms with Crippen LogP contribution in [-0.4, -0.2) is 28.1 Å². The molecule has 0 unspecified atom stereocenters. The number of aromatic nitrogens is 3. The summed E-state index contributed by atoms with van der Waals surface area (Å²) in [5.41, 5.74) is 1.87. The van der Waals surface area contributed by atoms with Crippen LogP contribution < -0.4 is 10.6 Å². The van der Waals surface area contributed by atoms with Crippen LogP contribution in [-0.2, 0) is 13.1 Å². The van der Waals surface area contributed by atoms with E-state index < -0.39 is 0 Å². The van der Waals surface area contributed by atoms with E-state index in [1.165, 1.54) is 4.88 Å². The number of hydrogen-bond acceptors (Lipinski definition) is 6. The number of halogens is 1. The van der Waals surface area contributed by atoms with Gasteiger partial charge in [-0.05, 0) is 26.0 Å². The smallest absolute Gasteiger partial charge is 0.246 e. The normalized spacial score (nSPS) is 11.6. The average molecular weight is 391 g/mol. The number of benzene rings is 1. The number of thiazole rings is 1. The van der Waals surface area contributed by atoms with Gasteiger partial charge in [0, 0.05) is 22.5 Å². The molecule has 26 heavy (non-hydrogen) atoms. The number of aliphatic imine (C=N–C) groups is 1. The summed E-state index contributed by atoms with van der Waals surface area (Å²) in [5, 5.41) is 12.0. The van der Waals surface area contributed by atoms with Gasteiger partial charge in [0.1, 0.15) is 5.01 Å². The molecule has 0 saturated heterocycles. The third kappa shape index (κ3) is 4.59. The summed E-state index contributed by atoms with van der Waals surface area (Å²) in [6.45, 7) is 5.05. The molecule has 7 nitrogen and oxygen atoms in total. The lowest BCUT2D eigenvalue weighted by atomic mass is 10.2. The molecule has 136 valence electrons. The maximum Gasteiger partial charge on any atom is 0.246 e. The Hall–Kier alpha value is -2.45. The summed E-state index contributed by atoms with van der Waals surface area (Å²) in [7, 11) is 1.71. The summed E-state index contributed by atoms with van der Waals surface area (Å²) in [4.78, 5) is 14.3. The molecular weight excluding hydrogens is 372 g/mol. The molecule has 1 aromatic carbocycles. The zero-order valence-corrected chi connectivity index (χ0v) is 16.3. The number of hydrogen-bond donors (Lipinski definition) is 2. The van der Waals surface area contributed by atoms with E-state index in [2.05, 4.69) is 37.7 Å². The van der Waals surface area contributed by atoms with Gasteiger partial charge in [-0.15, -0.1) is 11.3 Å². The first kappa shape index (κ1) is 18.3. The van der Waals surface area contributed by atoms with Gasteiger partial charge in [-0.1, -0.05) is 28.9 Å². The molecule has 0 atom stereocenters. The van der Waals surface area contributed by atoms with Crippen molar-refractivity contribution in [2.75, 3.05) is 7.05 Å². The molecule has 0 aliphatic heterocycles. The van der Waals surface area contributed by atoms with Crippen LogP contribution in [0.1, 0.15) is 21.5 Å². The zero-order valence-electron chi connectivity index (χ0n) is 14.7. The Balaban J connectivity index is 1.55. The minimum absolute atomic E-state index is 0.364. The van der Waals surface area contributed by atoms with Crippen LogP contribution in [0.2, 0.25) is 5.02 Å². The van der Waals surface area contributed by atoms with Crippen LogP contribution in [0.4, 0.5) is 0 Å². The number of nitrogens with one attached hydrogen (secondary N) is 2. The first-order chi connectivity index (χ1) is 12.5. The molecule has 9 heteroatoms. The van der Waals surface area contributed by atoms with E-state index in [-0.39, 0.29) is 0 Å². The predicted molar refractivity (Wildman–Crippen MR) is 103 cm³/mol. The topological polar surface area (TPSA) is 88.2 Å². The van der Waals surface area contributed by atoms with Crippen LogP contribution in [0.5, 0.6) is 0 Å². The predicted octanol–water partition coefficient (Wildman–Crippen LogP) is 3.33. The van der Waals surface area contributed by atoms with Crippen molar-refractivity contribution in [3.8, 4) is 11.4 Å². The standard InChI is InChI=1S/C17H19ClN6OS/c1-10-11(2)26-15(22-10)9-21-17(19-3)20-8-14-23-16(24-25-14)12-5-4-6-13(18)7-12/h4-7H,8-9H2,1-3H3,(H2,19,20,21). The quantitative estimate of drug-likeness (QED) is 0.513. The molecule has 0 spiro atoms. The first-order valence-electron chi connectivity index (χ1n) is 8.01. The molecule has 3 rings (SSSR count). The van der Waals surface area contributed by atoms with Gasteiger partial charge >= 0.3 is 0 Å². The highest BCUT2D eigenvalue weighted by Crippen LogP contribution is 2.20. The molecule has 3 aromatic rings. The summed E-state index contributed by atoms with van der Waals surface area (Å²) in [6, 6.07) is 7.32. The van der Waals surface area contributed by atoms with E-state index in [9.17, 15) is 0 Å². The van der Waals surface area contributed by atoms with Gasteiger partial charge in [0.2, 0.25) is 11.7 Å². The van der Waals surface area contributed by atoms with E-state index in [4.69, 9.17) is 16.1 Å². The fourth-order valence-corrected chi connectivity index (χ4v) is 3.29. The van der Waals surface area contributed by atoms with Crippen molar-refractivity contribution in [2.24, 2.45) is 4.99 Å². The van der Waals surface area contributed by atoms with E-state index in [0.717, 1.165) is 16.3 Å². The minimum atomic E-state index is 0.364. The van der Waals surface area contributed by atoms with Crippen LogP contribution in [0, 0.1) is 13.8 Å². The van der Waals surface area contributed by atoms with Crippen molar-refractivity contribution >= 4 is 28.9 Å². The molecule has 2 N–H and O–H groups in total. The van der Waals surface area contributed by atoms with Crippen LogP contribution in [0.25, 0.3) is 11.4 Å². The highest BCUT2D eigenvalue weighted by Gasteiger charge is 2.10. The molecule has 0 aliphatic rings. The Kier molecular flexibility index (Phi) is 5.85. The second kappa shape index (κ2) is 8.29. The number of aryl methyl sites for hydroxylation is 2. The monoisotopic (exact) mass is 390 g/mol. The highest BCUT2D eigenvalue weighted by atomic mass is 35.5. The number of guanidine groups is 1. The second-order valence-electron chi connectivity index (χ2n) is 5.55. The fourth-order valence-electron chi connectivity index (χ4n) is 2.23. The number of rotatable bonds is 5. The van der Waals surface area contributed by atoms with Crippen molar-refractivity contribution in [3.63, 3.8) is 0 Å². The fraction of sp³-hybridized carbons (Fsp3) is 0.294. The Morgan fingerprint density at radius 2 is 2.04 bits per heavy atom. The van der Waals surface area contributed by atoms with Gasteiger partial charge < -0.3 is 15.2 Å². The van der Waals surface area contributed by atoms with E-state index >= 15 is 0 Å². The van der Waals surface area contributed by atoms with Crippen molar-refractivity contribution in [1.29, 1.82) is 0 Å². The van der Waals surface area contributed by atoms with Gasteiger partial charge in [-0.3, -0.25) is 4.99 Å². The summed E-state index contributed by atoms with van der Waals surface area (Å²) < 4.78 is 5.28. The van der Waals surface area contributed by atoms with Gasteiger partial charge in [0.05, 0.1) is 18.8 Å². The Bertz CT molecular complexity index is 900. The molecule has 0 fully saturated rings. The van der Waals surface area contributed by atoms with Gasteiger partial charge in [0.25, 0.3) is 0 Å². The Morgan fingerprint density at radius 1 is 1.23 bits per heavy atom. The van der Waals surface area contributed by atoms with E-state index in [0.29, 0.717) is 35.8 Å². The summed E-state index contributed by atoms with van der Waals surface area (Å²) in [5.74, 6) is 1.60. The average Bonchev–Trinajstić information content (AvgIpc) is 3.22. The van der Waals surface area contributed by atoms with E-state index in [1.54, 1.807) is 30.5 Å². The Labute approximate surface area is 160 Å². The lowest BCUT2D eigenvalue weighted by Gasteiger charge is -2.08. The molecule has 0 saturated carbocycles. The molecule has 0 aliphatic carbocycles. The third-order valence-electron chi connectivity index (χ3n) is 3.66. The number of nitrogens with zero attached hydrogens (tertiary/aromatic N) is 4. The summed E-state index contributed by atoms with van der Waals surface area (Å²) >= 11 is 7.67. The minimum Gasteiger partial charge on any atom is -0.350 e. The van der Waals surface area contributed by atoms with Crippen molar-refractivity contribution in [2.45, 2.75) is 26.9 Å². The summed E-state index contributed by atoms with van der Waals surface area (Å²) in [6.07, 6.45) is 0.